The van der Waals surface area contributed by atoms with E-state index in [4.69, 9.17) is 5.53 Å². The average Bonchev–Trinajstić information content (AvgIpc) is 2.03. The lowest BCUT2D eigenvalue weighted by atomic mass is 9.96. The summed E-state index contributed by atoms with van der Waals surface area (Å²) in [6, 6.07) is 0. The van der Waals surface area contributed by atoms with Crippen LogP contribution in [0.2, 0.25) is 0 Å². The third-order valence-electron chi connectivity index (χ3n) is 1.79. The number of hydrogen-bond acceptors (Lipinski definition) is 1. The zero-order valence-electron chi connectivity index (χ0n) is 5.95. The smallest absolute Gasteiger partial charge is 0.00475 e. The summed E-state index contributed by atoms with van der Waals surface area (Å²) >= 11 is 0. The molecular weight excluding hydrogens is 126 g/mol. The molecular formula is C7H11N3. The highest BCUT2D eigenvalue weighted by atomic mass is 15.1. The van der Waals surface area contributed by atoms with Crippen LogP contribution in [0.3, 0.4) is 0 Å². The van der Waals surface area contributed by atoms with E-state index in [9.17, 15) is 0 Å². The van der Waals surface area contributed by atoms with Crippen LogP contribution in [0.25, 0.3) is 10.4 Å². The van der Waals surface area contributed by atoms with E-state index >= 15 is 0 Å². The zero-order chi connectivity index (χ0) is 7.23. The van der Waals surface area contributed by atoms with E-state index in [1.54, 1.807) is 6.20 Å². The largest absolute Gasteiger partial charge is 0.0686 e. The Bertz CT molecular complexity index is 169. The molecule has 3 heteroatoms. The standard InChI is InChI=1S/C7H11N3/c8-10-9-6-7-4-2-1-3-5-7/h6H,1-5H2. The molecule has 3 nitrogen and oxygen atoms in total. The van der Waals surface area contributed by atoms with Crippen molar-refractivity contribution in [3.63, 3.8) is 0 Å². The topological polar surface area (TPSA) is 48.8 Å². The second kappa shape index (κ2) is 3.96. The lowest BCUT2D eigenvalue weighted by Gasteiger charge is -2.11. The van der Waals surface area contributed by atoms with Gasteiger partial charge < -0.3 is 0 Å². The summed E-state index contributed by atoms with van der Waals surface area (Å²) in [4.78, 5) is 2.68. The van der Waals surface area contributed by atoms with Crippen molar-refractivity contribution in [1.29, 1.82) is 0 Å². The number of nitrogens with zero attached hydrogens (tertiary/aromatic N) is 3. The van der Waals surface area contributed by atoms with Gasteiger partial charge in [-0.1, -0.05) is 17.1 Å². The monoisotopic (exact) mass is 137 g/mol. The predicted octanol–water partition coefficient (Wildman–Crippen LogP) is 3.14. The van der Waals surface area contributed by atoms with Crippen molar-refractivity contribution in [2.24, 2.45) is 5.11 Å². The van der Waals surface area contributed by atoms with Gasteiger partial charge in [-0.2, -0.15) is 0 Å². The van der Waals surface area contributed by atoms with Crippen LogP contribution in [0.4, 0.5) is 0 Å². The van der Waals surface area contributed by atoms with E-state index in [2.05, 4.69) is 10.0 Å². The number of azide groups is 1. The van der Waals surface area contributed by atoms with Crippen LogP contribution in [-0.4, -0.2) is 0 Å². The van der Waals surface area contributed by atoms with E-state index in [0.717, 1.165) is 12.8 Å². The van der Waals surface area contributed by atoms with Crippen LogP contribution >= 0.6 is 0 Å². The van der Waals surface area contributed by atoms with Gasteiger partial charge in [0.05, 0.1) is 0 Å². The summed E-state index contributed by atoms with van der Waals surface area (Å²) in [7, 11) is 0. The molecule has 0 N–H and O–H groups in total. The first-order valence-corrected chi connectivity index (χ1v) is 3.65. The summed E-state index contributed by atoms with van der Waals surface area (Å²) < 4.78 is 0. The fourth-order valence-corrected chi connectivity index (χ4v) is 1.24. The highest BCUT2D eigenvalue weighted by Gasteiger charge is 2.02. The van der Waals surface area contributed by atoms with Gasteiger partial charge in [0, 0.05) is 11.1 Å². The van der Waals surface area contributed by atoms with E-state index in [0.29, 0.717) is 0 Å². The van der Waals surface area contributed by atoms with E-state index < -0.39 is 0 Å². The Morgan fingerprint density at radius 3 is 2.60 bits per heavy atom. The molecule has 0 aromatic rings. The van der Waals surface area contributed by atoms with Crippen molar-refractivity contribution in [3.8, 4) is 0 Å². The molecule has 0 atom stereocenters. The summed E-state index contributed by atoms with van der Waals surface area (Å²) in [5.41, 5.74) is 9.32. The maximum absolute atomic E-state index is 8.01. The Kier molecular flexibility index (Phi) is 2.84. The Morgan fingerprint density at radius 2 is 2.00 bits per heavy atom. The van der Waals surface area contributed by atoms with Crippen molar-refractivity contribution in [1.82, 2.24) is 0 Å². The number of hydrogen-bond donors (Lipinski definition) is 0. The molecule has 10 heavy (non-hydrogen) atoms. The van der Waals surface area contributed by atoms with Gasteiger partial charge in [0.1, 0.15) is 0 Å². The van der Waals surface area contributed by atoms with Crippen LogP contribution in [0.1, 0.15) is 32.1 Å². The molecule has 1 aliphatic rings. The molecule has 0 saturated heterocycles. The highest BCUT2D eigenvalue weighted by Crippen LogP contribution is 2.22. The molecule has 1 rings (SSSR count). The third kappa shape index (κ3) is 2.11. The molecule has 0 aromatic carbocycles. The maximum Gasteiger partial charge on any atom is 0.00475 e. The minimum absolute atomic E-state index is 1.12. The van der Waals surface area contributed by atoms with Gasteiger partial charge in [-0.05, 0) is 31.2 Å². The Labute approximate surface area is 60.4 Å². The van der Waals surface area contributed by atoms with Crippen LogP contribution < -0.4 is 0 Å². The quantitative estimate of drug-likeness (QED) is 0.303. The Balaban J connectivity index is 2.44. The lowest BCUT2D eigenvalue weighted by molar-refractivity contribution is 0.597. The molecule has 0 amide bonds. The van der Waals surface area contributed by atoms with Gasteiger partial charge in [-0.3, -0.25) is 0 Å². The summed E-state index contributed by atoms with van der Waals surface area (Å²) in [5.74, 6) is 0. The Hall–Kier alpha value is -0.950. The summed E-state index contributed by atoms with van der Waals surface area (Å²) in [5, 5.41) is 3.41. The molecule has 1 saturated carbocycles. The zero-order valence-corrected chi connectivity index (χ0v) is 5.95. The normalized spacial score (nSPS) is 17.8. The van der Waals surface area contributed by atoms with Gasteiger partial charge in [0.15, 0.2) is 0 Å². The molecule has 0 heterocycles. The predicted molar refractivity (Wildman–Crippen MR) is 40.3 cm³/mol. The second-order valence-corrected chi connectivity index (χ2v) is 2.55. The van der Waals surface area contributed by atoms with E-state index in [-0.39, 0.29) is 0 Å². The molecule has 0 bridgehead atoms. The van der Waals surface area contributed by atoms with Gasteiger partial charge >= 0.3 is 0 Å². The van der Waals surface area contributed by atoms with Crippen LogP contribution in [0.5, 0.6) is 0 Å². The molecule has 1 aliphatic carbocycles. The number of rotatable bonds is 1. The molecule has 54 valence electrons. The average molecular weight is 137 g/mol. The van der Waals surface area contributed by atoms with E-state index in [1.807, 2.05) is 0 Å². The minimum atomic E-state index is 1.12. The highest BCUT2D eigenvalue weighted by molar-refractivity contribution is 5.02. The van der Waals surface area contributed by atoms with Crippen molar-refractivity contribution >= 4 is 0 Å². The van der Waals surface area contributed by atoms with Crippen molar-refractivity contribution in [2.45, 2.75) is 32.1 Å². The van der Waals surface area contributed by atoms with Gasteiger partial charge in [-0.15, -0.1) is 0 Å². The maximum atomic E-state index is 8.01. The van der Waals surface area contributed by atoms with Gasteiger partial charge in [0.25, 0.3) is 0 Å². The first-order valence-electron chi connectivity index (χ1n) is 3.65. The van der Waals surface area contributed by atoms with Crippen LogP contribution in [0, 0.1) is 0 Å². The molecule has 1 fully saturated rings. The van der Waals surface area contributed by atoms with Crippen molar-refractivity contribution in [3.05, 3.63) is 22.2 Å². The Morgan fingerprint density at radius 1 is 1.30 bits per heavy atom. The van der Waals surface area contributed by atoms with Gasteiger partial charge in [-0.25, -0.2) is 0 Å². The number of allylic oxidation sites excluding steroid dienone is 1. The fourth-order valence-electron chi connectivity index (χ4n) is 1.24. The first kappa shape index (κ1) is 7.16. The lowest BCUT2D eigenvalue weighted by Crippen LogP contribution is -1.92. The summed E-state index contributed by atoms with van der Waals surface area (Å²) in [6.45, 7) is 0. The SMILES string of the molecule is [N-]=[N+]=NC=C1CCCCC1. The first-order chi connectivity index (χ1) is 4.93. The van der Waals surface area contributed by atoms with Crippen LogP contribution in [0.15, 0.2) is 16.9 Å². The second-order valence-electron chi connectivity index (χ2n) is 2.55. The molecule has 0 unspecified atom stereocenters. The van der Waals surface area contributed by atoms with Crippen molar-refractivity contribution in [2.75, 3.05) is 0 Å². The van der Waals surface area contributed by atoms with E-state index in [1.165, 1.54) is 24.8 Å². The molecule has 0 radical (unpaired) electrons. The minimum Gasteiger partial charge on any atom is -0.0686 e. The molecule has 0 aliphatic heterocycles. The van der Waals surface area contributed by atoms with Gasteiger partial charge in [0.2, 0.25) is 0 Å². The third-order valence-corrected chi connectivity index (χ3v) is 1.79. The molecule has 0 spiro atoms. The van der Waals surface area contributed by atoms with Crippen molar-refractivity contribution < 1.29 is 0 Å². The molecule has 0 aromatic heterocycles. The van der Waals surface area contributed by atoms with Crippen LogP contribution in [-0.2, 0) is 0 Å². The summed E-state index contributed by atoms with van der Waals surface area (Å²) in [6.07, 6.45) is 7.75. The fraction of sp³-hybridized carbons (Fsp3) is 0.714.